The van der Waals surface area contributed by atoms with Crippen LogP contribution in [0.15, 0.2) is 70.3 Å². The van der Waals surface area contributed by atoms with Crippen molar-refractivity contribution < 1.29 is 19.7 Å². The lowest BCUT2D eigenvalue weighted by molar-refractivity contribution is 0.295. The molecule has 0 aliphatic rings. The Kier molecular flexibility index (Phi) is 19.2. The van der Waals surface area contributed by atoms with Crippen molar-refractivity contribution in [3.8, 4) is 23.0 Å². The zero-order chi connectivity index (χ0) is 35.8. The molecule has 0 heterocycles. The van der Waals surface area contributed by atoms with Gasteiger partial charge in [-0.3, -0.25) is 9.59 Å². The summed E-state index contributed by atoms with van der Waals surface area (Å²) in [7, 11) is 0. The highest BCUT2D eigenvalue weighted by Crippen LogP contribution is 2.33. The van der Waals surface area contributed by atoms with E-state index in [0.717, 1.165) is 47.9 Å². The summed E-state index contributed by atoms with van der Waals surface area (Å²) < 4.78 is 12.8. The van der Waals surface area contributed by atoms with Crippen LogP contribution in [0.25, 0.3) is 24.3 Å². The summed E-state index contributed by atoms with van der Waals surface area (Å²) in [4.78, 5) is 23.9. The quantitative estimate of drug-likeness (QED) is 0.0914. The molecule has 0 atom stereocenters. The molecule has 2 N–H and O–H groups in total. The fourth-order valence-electron chi connectivity index (χ4n) is 5.67. The zero-order valence-electron chi connectivity index (χ0n) is 30.3. The summed E-state index contributed by atoms with van der Waals surface area (Å²) in [6.07, 6.45) is 27.1. The number of ether oxygens (including phenoxy) is 2. The normalized spacial score (nSPS) is 11.4. The van der Waals surface area contributed by atoms with Gasteiger partial charge in [0.15, 0.2) is 11.5 Å². The van der Waals surface area contributed by atoms with Gasteiger partial charge >= 0.3 is 0 Å². The Morgan fingerprint density at radius 1 is 0.460 bits per heavy atom. The summed E-state index contributed by atoms with van der Waals surface area (Å²) in [5.74, 6) is 0.851. The largest absolute Gasteiger partial charge is 0.504 e. The molecule has 0 amide bonds. The summed E-state index contributed by atoms with van der Waals surface area (Å²) in [5, 5.41) is 19.7. The van der Waals surface area contributed by atoms with Gasteiger partial charge < -0.3 is 19.7 Å². The maximum atomic E-state index is 11.9. The van der Waals surface area contributed by atoms with Crippen molar-refractivity contribution in [1.29, 1.82) is 0 Å². The van der Waals surface area contributed by atoms with Gasteiger partial charge in [-0.2, -0.15) is 0 Å². The van der Waals surface area contributed by atoms with Crippen LogP contribution in [0.5, 0.6) is 23.0 Å². The monoisotopic (exact) mass is 682 g/mol. The number of rotatable bonds is 24. The molecule has 0 bridgehead atoms. The average Bonchev–Trinajstić information content (AvgIpc) is 3.39. The summed E-state index contributed by atoms with van der Waals surface area (Å²) in [6.45, 7) is 5.65. The molecular weight excluding hydrogens is 624 g/mol. The first-order valence-corrected chi connectivity index (χ1v) is 18.9. The Hall–Kier alpha value is -4.32. The molecule has 0 radical (unpaired) electrons. The van der Waals surface area contributed by atoms with E-state index in [2.05, 4.69) is 13.8 Å². The molecule has 3 aromatic rings. The fraction of sp³-hybridized carbons (Fsp3) is 0.455. The summed E-state index contributed by atoms with van der Waals surface area (Å²) in [5.41, 5.74) is 2.36. The van der Waals surface area contributed by atoms with E-state index in [1.165, 1.54) is 101 Å². The second kappa shape index (κ2) is 23.9. The van der Waals surface area contributed by atoms with E-state index in [0.29, 0.717) is 24.7 Å². The van der Waals surface area contributed by atoms with Gasteiger partial charge in [-0.1, -0.05) is 152 Å². The lowest BCUT2D eigenvalue weighted by Crippen LogP contribution is -2.03. The van der Waals surface area contributed by atoms with Gasteiger partial charge in [0.1, 0.15) is 11.5 Å². The highest BCUT2D eigenvalue weighted by atomic mass is 16.5. The third-order valence-electron chi connectivity index (χ3n) is 8.79. The zero-order valence-corrected chi connectivity index (χ0v) is 30.3. The molecule has 50 heavy (non-hydrogen) atoms. The van der Waals surface area contributed by atoms with Crippen LogP contribution in [0, 0.1) is 0 Å². The third-order valence-corrected chi connectivity index (χ3v) is 8.79. The maximum absolute atomic E-state index is 11.9. The van der Waals surface area contributed by atoms with Gasteiger partial charge in [0.25, 0.3) is 0 Å². The van der Waals surface area contributed by atoms with E-state index in [1.807, 2.05) is 36.4 Å². The maximum Gasteiger partial charge on any atom is 0.220 e. The van der Waals surface area contributed by atoms with Crippen LogP contribution >= 0.6 is 0 Å². The third kappa shape index (κ3) is 15.5. The molecular formula is C44H58O6. The lowest BCUT2D eigenvalue weighted by atomic mass is 10.1. The van der Waals surface area contributed by atoms with Gasteiger partial charge in [-0.15, -0.1) is 0 Å². The van der Waals surface area contributed by atoms with E-state index in [-0.39, 0.29) is 11.5 Å². The van der Waals surface area contributed by atoms with Crippen molar-refractivity contribution in [2.24, 2.45) is 0 Å². The lowest BCUT2D eigenvalue weighted by Gasteiger charge is -2.15. The predicted octanol–water partition coefficient (Wildman–Crippen LogP) is 11.2. The van der Waals surface area contributed by atoms with E-state index < -0.39 is 10.9 Å². The van der Waals surface area contributed by atoms with Crippen LogP contribution in [-0.2, 0) is 0 Å². The van der Waals surface area contributed by atoms with E-state index >= 15 is 0 Å². The molecule has 6 heteroatoms. The van der Waals surface area contributed by atoms with Crippen molar-refractivity contribution in [1.82, 2.24) is 0 Å². The standard InChI is InChI=1S/C44H58O6/c1-3-5-7-9-11-13-15-17-31-49-43-33-38(26-20-36-23-29-41(47)42(48)30-24-36)44(50-32-18-16-14-12-10-8-6-4-2)34-37(43)25-19-35-21-27-39(45)40(46)28-22-35/h19-30,33-34H,3-18,31-32H2,1-2H3,(H,45,46)(H,47,48)/b25-19+,26-20+. The van der Waals surface area contributed by atoms with Gasteiger partial charge in [0, 0.05) is 11.1 Å². The summed E-state index contributed by atoms with van der Waals surface area (Å²) >= 11 is 0. The average molecular weight is 683 g/mol. The molecule has 0 aliphatic carbocycles. The Bertz CT molecular complexity index is 1490. The minimum Gasteiger partial charge on any atom is -0.504 e. The highest BCUT2D eigenvalue weighted by Gasteiger charge is 2.11. The van der Waals surface area contributed by atoms with Gasteiger partial charge in [0.05, 0.1) is 13.2 Å². The molecule has 3 aromatic carbocycles. The molecule has 0 aromatic heterocycles. The van der Waals surface area contributed by atoms with E-state index in [4.69, 9.17) is 9.47 Å². The molecule has 0 fully saturated rings. The van der Waals surface area contributed by atoms with Crippen molar-refractivity contribution in [3.63, 3.8) is 0 Å². The Morgan fingerprint density at radius 3 is 1.18 bits per heavy atom. The first-order valence-electron chi connectivity index (χ1n) is 18.9. The van der Waals surface area contributed by atoms with E-state index in [1.54, 1.807) is 24.3 Å². The number of hydrogen-bond acceptors (Lipinski definition) is 6. The number of unbranched alkanes of at least 4 members (excludes halogenated alkanes) is 14. The summed E-state index contributed by atoms with van der Waals surface area (Å²) in [6, 6.07) is 16.3. The van der Waals surface area contributed by atoms with Crippen LogP contribution in [0.2, 0.25) is 0 Å². The van der Waals surface area contributed by atoms with Crippen molar-refractivity contribution in [2.75, 3.05) is 13.2 Å². The van der Waals surface area contributed by atoms with Gasteiger partial charge in [-0.25, -0.2) is 0 Å². The first-order chi connectivity index (χ1) is 24.4. The van der Waals surface area contributed by atoms with Crippen LogP contribution in [0.4, 0.5) is 0 Å². The van der Waals surface area contributed by atoms with Crippen molar-refractivity contribution in [3.05, 3.63) is 103 Å². The first kappa shape index (κ1) is 40.1. The minimum atomic E-state index is -0.430. The molecule has 0 spiro atoms. The fourth-order valence-corrected chi connectivity index (χ4v) is 5.67. The number of benzene rings is 1. The van der Waals surface area contributed by atoms with Crippen molar-refractivity contribution >= 4 is 24.3 Å². The van der Waals surface area contributed by atoms with E-state index in [9.17, 15) is 19.8 Å². The van der Waals surface area contributed by atoms with Crippen LogP contribution < -0.4 is 20.3 Å². The van der Waals surface area contributed by atoms with Crippen LogP contribution in [0.3, 0.4) is 0 Å². The number of aromatic hydroxyl groups is 2. The highest BCUT2D eigenvalue weighted by molar-refractivity contribution is 5.79. The number of hydrogen-bond donors (Lipinski definition) is 2. The molecule has 3 rings (SSSR count). The molecule has 0 saturated carbocycles. The molecule has 6 nitrogen and oxygen atoms in total. The SMILES string of the molecule is CCCCCCCCCCOc1cc(/C=C/c2ccc(O)c(=O)cc2)c(OCCCCCCCCCC)cc1/C=C/c1ccc(O)c(=O)cc1. The smallest absolute Gasteiger partial charge is 0.220 e. The molecule has 0 unspecified atom stereocenters. The Balaban J connectivity index is 1.86. The van der Waals surface area contributed by atoms with Crippen LogP contribution in [0.1, 0.15) is 139 Å². The molecule has 0 aliphatic heterocycles. The predicted molar refractivity (Wildman–Crippen MR) is 209 cm³/mol. The minimum absolute atomic E-state index is 0.291. The van der Waals surface area contributed by atoms with Crippen molar-refractivity contribution in [2.45, 2.75) is 117 Å². The Morgan fingerprint density at radius 2 is 0.800 bits per heavy atom. The van der Waals surface area contributed by atoms with Gasteiger partial charge in [0.2, 0.25) is 10.9 Å². The topological polar surface area (TPSA) is 93.1 Å². The van der Waals surface area contributed by atoms with Crippen LogP contribution in [-0.4, -0.2) is 23.4 Å². The second-order valence-corrected chi connectivity index (χ2v) is 13.1. The second-order valence-electron chi connectivity index (χ2n) is 13.1. The Labute approximate surface area is 299 Å². The molecule has 0 saturated heterocycles. The van der Waals surface area contributed by atoms with Gasteiger partial charge in [-0.05, 0) is 60.4 Å². The molecule has 270 valence electrons.